The zero-order valence-electron chi connectivity index (χ0n) is 13.8. The molecule has 0 heterocycles. The Bertz CT molecular complexity index is 575. The fourth-order valence-electron chi connectivity index (χ4n) is 1.79. The summed E-state index contributed by atoms with van der Waals surface area (Å²) in [5.74, 6) is -0.559. The third-order valence-corrected chi connectivity index (χ3v) is 3.28. The normalized spacial score (nSPS) is 12.2. The lowest BCUT2D eigenvalue weighted by atomic mass is 10.00. The summed E-state index contributed by atoms with van der Waals surface area (Å²) in [7, 11) is 0. The predicted molar refractivity (Wildman–Crippen MR) is 92.0 cm³/mol. The van der Waals surface area contributed by atoms with Crippen LogP contribution in [0.15, 0.2) is 40.9 Å². The SMILES string of the molecule is C=C(C(=O)OCC)[C@@H](NC(=O)OC(C)(C)C)c1ccc(Br)cc1. The van der Waals surface area contributed by atoms with E-state index in [0.29, 0.717) is 5.56 Å². The van der Waals surface area contributed by atoms with Crippen molar-refractivity contribution in [2.24, 2.45) is 0 Å². The summed E-state index contributed by atoms with van der Waals surface area (Å²) in [5, 5.41) is 2.67. The van der Waals surface area contributed by atoms with E-state index in [9.17, 15) is 9.59 Å². The van der Waals surface area contributed by atoms with E-state index in [2.05, 4.69) is 27.8 Å². The molecule has 0 unspecified atom stereocenters. The molecule has 0 fully saturated rings. The van der Waals surface area contributed by atoms with Gasteiger partial charge in [-0.05, 0) is 45.4 Å². The highest BCUT2D eigenvalue weighted by molar-refractivity contribution is 9.10. The molecule has 0 radical (unpaired) electrons. The van der Waals surface area contributed by atoms with Crippen LogP contribution in [-0.2, 0) is 14.3 Å². The lowest BCUT2D eigenvalue weighted by Gasteiger charge is -2.24. The number of alkyl carbamates (subject to hydrolysis) is 1. The van der Waals surface area contributed by atoms with Crippen molar-refractivity contribution in [2.75, 3.05) is 6.61 Å². The number of carbonyl (C=O) groups is 2. The average Bonchev–Trinajstić information content (AvgIpc) is 2.43. The van der Waals surface area contributed by atoms with Gasteiger partial charge in [0.05, 0.1) is 18.2 Å². The molecule has 5 nitrogen and oxygen atoms in total. The number of benzene rings is 1. The first-order valence-corrected chi connectivity index (χ1v) is 8.04. The molecule has 1 aromatic carbocycles. The van der Waals surface area contributed by atoms with Gasteiger partial charge in [0.2, 0.25) is 0 Å². The van der Waals surface area contributed by atoms with Crippen molar-refractivity contribution in [2.45, 2.75) is 39.3 Å². The minimum atomic E-state index is -0.725. The molecule has 1 aromatic rings. The molecule has 1 atom stereocenters. The van der Waals surface area contributed by atoms with Crippen molar-refractivity contribution in [3.05, 3.63) is 46.5 Å². The van der Waals surface area contributed by atoms with E-state index in [0.717, 1.165) is 4.47 Å². The van der Waals surface area contributed by atoms with Gasteiger partial charge in [0.1, 0.15) is 5.60 Å². The Labute approximate surface area is 145 Å². The Hall–Kier alpha value is -1.82. The lowest BCUT2D eigenvalue weighted by Crippen LogP contribution is -2.36. The Morgan fingerprint density at radius 3 is 2.30 bits per heavy atom. The van der Waals surface area contributed by atoms with Crippen molar-refractivity contribution in [3.8, 4) is 0 Å². The number of nitrogens with one attached hydrogen (secondary N) is 1. The summed E-state index contributed by atoms with van der Waals surface area (Å²) >= 11 is 3.35. The van der Waals surface area contributed by atoms with Crippen LogP contribution in [0.3, 0.4) is 0 Å². The molecule has 1 amide bonds. The number of halogens is 1. The van der Waals surface area contributed by atoms with E-state index in [-0.39, 0.29) is 12.2 Å². The second-order valence-electron chi connectivity index (χ2n) is 5.88. The van der Waals surface area contributed by atoms with Crippen LogP contribution in [-0.4, -0.2) is 24.3 Å². The van der Waals surface area contributed by atoms with Crippen LogP contribution >= 0.6 is 15.9 Å². The molecule has 0 aliphatic heterocycles. The molecule has 0 saturated heterocycles. The van der Waals surface area contributed by atoms with Crippen LogP contribution in [0.2, 0.25) is 0 Å². The highest BCUT2D eigenvalue weighted by Gasteiger charge is 2.26. The van der Waals surface area contributed by atoms with Gasteiger partial charge in [0.25, 0.3) is 0 Å². The molecule has 23 heavy (non-hydrogen) atoms. The van der Waals surface area contributed by atoms with Gasteiger partial charge in [-0.1, -0.05) is 34.6 Å². The van der Waals surface area contributed by atoms with E-state index in [4.69, 9.17) is 9.47 Å². The summed E-state index contributed by atoms with van der Waals surface area (Å²) in [6.07, 6.45) is -0.629. The number of ether oxygens (including phenoxy) is 2. The fraction of sp³-hybridized carbons (Fsp3) is 0.412. The summed E-state index contributed by atoms with van der Waals surface area (Å²) in [6.45, 7) is 11.0. The first-order chi connectivity index (χ1) is 10.6. The lowest BCUT2D eigenvalue weighted by molar-refractivity contribution is -0.138. The minimum Gasteiger partial charge on any atom is -0.463 e. The van der Waals surface area contributed by atoms with Crippen LogP contribution in [0.5, 0.6) is 0 Å². The van der Waals surface area contributed by atoms with Crippen molar-refractivity contribution in [1.29, 1.82) is 0 Å². The summed E-state index contributed by atoms with van der Waals surface area (Å²) < 4.78 is 11.1. The van der Waals surface area contributed by atoms with Crippen LogP contribution in [0, 0.1) is 0 Å². The molecular weight excluding hydrogens is 362 g/mol. The summed E-state index contributed by atoms with van der Waals surface area (Å²) in [5.41, 5.74) is 0.205. The van der Waals surface area contributed by atoms with Crippen molar-refractivity contribution >= 4 is 28.0 Å². The molecular formula is C17H22BrNO4. The average molecular weight is 384 g/mol. The van der Waals surface area contributed by atoms with Crippen LogP contribution in [0.1, 0.15) is 39.3 Å². The van der Waals surface area contributed by atoms with Gasteiger partial charge < -0.3 is 14.8 Å². The molecule has 0 aliphatic rings. The van der Waals surface area contributed by atoms with E-state index in [1.165, 1.54) is 0 Å². The summed E-state index contributed by atoms with van der Waals surface area (Å²) in [6, 6.07) is 6.49. The quantitative estimate of drug-likeness (QED) is 0.612. The number of amides is 1. The Morgan fingerprint density at radius 1 is 1.26 bits per heavy atom. The molecule has 1 N–H and O–H groups in total. The molecule has 0 aromatic heterocycles. The Kier molecular flexibility index (Phi) is 6.81. The van der Waals surface area contributed by atoms with E-state index in [1.807, 2.05) is 12.1 Å². The molecule has 126 valence electrons. The van der Waals surface area contributed by atoms with Gasteiger partial charge in [0, 0.05) is 4.47 Å². The van der Waals surface area contributed by atoms with Crippen molar-refractivity contribution < 1.29 is 19.1 Å². The Balaban J connectivity index is 3.01. The highest BCUT2D eigenvalue weighted by Crippen LogP contribution is 2.24. The Morgan fingerprint density at radius 2 is 1.83 bits per heavy atom. The van der Waals surface area contributed by atoms with Gasteiger partial charge in [-0.2, -0.15) is 0 Å². The van der Waals surface area contributed by atoms with Gasteiger partial charge in [-0.15, -0.1) is 0 Å². The third kappa shape index (κ3) is 6.44. The number of hydrogen-bond acceptors (Lipinski definition) is 4. The third-order valence-electron chi connectivity index (χ3n) is 2.75. The maximum Gasteiger partial charge on any atom is 0.408 e. The fourth-order valence-corrected chi connectivity index (χ4v) is 2.06. The monoisotopic (exact) mass is 383 g/mol. The van der Waals surface area contributed by atoms with Gasteiger partial charge in [-0.3, -0.25) is 0 Å². The smallest absolute Gasteiger partial charge is 0.408 e. The highest BCUT2D eigenvalue weighted by atomic mass is 79.9. The molecule has 1 rings (SSSR count). The molecule has 0 bridgehead atoms. The number of rotatable bonds is 5. The van der Waals surface area contributed by atoms with Crippen LogP contribution in [0.25, 0.3) is 0 Å². The largest absolute Gasteiger partial charge is 0.463 e. The molecule has 6 heteroatoms. The van der Waals surface area contributed by atoms with E-state index in [1.54, 1.807) is 39.8 Å². The maximum absolute atomic E-state index is 12.1. The van der Waals surface area contributed by atoms with E-state index >= 15 is 0 Å². The topological polar surface area (TPSA) is 64.6 Å². The second-order valence-corrected chi connectivity index (χ2v) is 6.79. The first kappa shape index (κ1) is 19.2. The number of hydrogen-bond donors (Lipinski definition) is 1. The minimum absolute atomic E-state index is 0.139. The van der Waals surface area contributed by atoms with E-state index < -0.39 is 23.7 Å². The van der Waals surface area contributed by atoms with Crippen LogP contribution < -0.4 is 5.32 Å². The first-order valence-electron chi connectivity index (χ1n) is 7.25. The predicted octanol–water partition coefficient (Wildman–Crippen LogP) is 4.13. The van der Waals surface area contributed by atoms with Crippen molar-refractivity contribution in [3.63, 3.8) is 0 Å². The van der Waals surface area contributed by atoms with Gasteiger partial charge >= 0.3 is 12.1 Å². The van der Waals surface area contributed by atoms with Crippen LogP contribution in [0.4, 0.5) is 4.79 Å². The zero-order chi connectivity index (χ0) is 17.6. The molecule has 0 aliphatic carbocycles. The standard InChI is InChI=1S/C17H22BrNO4/c1-6-22-15(20)11(2)14(12-7-9-13(18)10-8-12)19-16(21)23-17(3,4)5/h7-10,14H,2,6H2,1,3-5H3,(H,19,21)/t14-/m1/s1. The number of esters is 1. The molecule has 0 saturated carbocycles. The van der Waals surface area contributed by atoms with Crippen molar-refractivity contribution in [1.82, 2.24) is 5.32 Å². The van der Waals surface area contributed by atoms with Gasteiger partial charge in [0.15, 0.2) is 0 Å². The second kappa shape index (κ2) is 8.15. The summed E-state index contributed by atoms with van der Waals surface area (Å²) in [4.78, 5) is 24.0. The van der Waals surface area contributed by atoms with Gasteiger partial charge in [-0.25, -0.2) is 9.59 Å². The zero-order valence-corrected chi connectivity index (χ0v) is 15.4. The maximum atomic E-state index is 12.1. The number of carbonyl (C=O) groups excluding carboxylic acids is 2. The molecule has 0 spiro atoms.